The maximum absolute atomic E-state index is 13.1. The number of fused-ring (bicyclic) bond motifs is 2. The predicted octanol–water partition coefficient (Wildman–Crippen LogP) is 4.04. The second kappa shape index (κ2) is 7.42. The average Bonchev–Trinajstić information content (AvgIpc) is 3.31. The van der Waals surface area contributed by atoms with Crippen LogP contribution in [0, 0.1) is 0 Å². The fraction of sp³-hybridized carbons (Fsp3) is 0.474. The fourth-order valence-electron chi connectivity index (χ4n) is 3.88. The molecule has 10 heteroatoms. The van der Waals surface area contributed by atoms with Crippen LogP contribution in [0.15, 0.2) is 19.1 Å². The molecule has 0 fully saturated rings. The number of amides is 2. The highest BCUT2D eigenvalue weighted by Gasteiger charge is 2.28. The highest BCUT2D eigenvalue weighted by atomic mass is 79.9. The Morgan fingerprint density at radius 2 is 1.86 bits per heavy atom. The van der Waals surface area contributed by atoms with Crippen LogP contribution in [0.25, 0.3) is 0 Å². The molecule has 2 aromatic rings. The van der Waals surface area contributed by atoms with Crippen LogP contribution in [0.4, 0.5) is 10.5 Å². The number of rotatable bonds is 3. The molecule has 0 radical (unpaired) electrons. The number of anilines is 1. The van der Waals surface area contributed by atoms with Crippen LogP contribution in [0.1, 0.15) is 54.1 Å². The summed E-state index contributed by atoms with van der Waals surface area (Å²) in [7, 11) is -3.47. The van der Waals surface area contributed by atoms with E-state index in [1.54, 1.807) is 19.9 Å². The van der Waals surface area contributed by atoms with Crippen LogP contribution in [0.5, 0.6) is 0 Å². The van der Waals surface area contributed by atoms with E-state index in [9.17, 15) is 14.1 Å². The van der Waals surface area contributed by atoms with Gasteiger partial charge in [-0.15, -0.1) is 15.7 Å². The minimum atomic E-state index is -3.47. The lowest BCUT2D eigenvalue weighted by molar-refractivity contribution is 0.0825. The van der Waals surface area contributed by atoms with Gasteiger partial charge < -0.3 is 10.4 Å². The lowest BCUT2D eigenvalue weighted by Gasteiger charge is -2.14. The van der Waals surface area contributed by atoms with E-state index in [0.717, 1.165) is 78.1 Å². The highest BCUT2D eigenvalue weighted by Crippen LogP contribution is 2.38. The number of nitrogens with two attached hydrogens (primary N) is 1. The Morgan fingerprint density at radius 1 is 1.28 bits per heavy atom. The fourth-order valence-corrected chi connectivity index (χ4v) is 7.56. The summed E-state index contributed by atoms with van der Waals surface area (Å²) < 4.78 is 17.6. The summed E-state index contributed by atoms with van der Waals surface area (Å²) in [6.45, 7) is 3.25. The van der Waals surface area contributed by atoms with Crippen molar-refractivity contribution in [3.8, 4) is 0 Å². The van der Waals surface area contributed by atoms with Gasteiger partial charge in [0.2, 0.25) is 0 Å². The molecular formula is C19H23BrN4O3S2. The van der Waals surface area contributed by atoms with Crippen molar-refractivity contribution in [3.05, 3.63) is 37.9 Å². The van der Waals surface area contributed by atoms with Gasteiger partial charge in [0.15, 0.2) is 9.92 Å². The molecule has 2 aromatic heterocycles. The number of carbonyl (C=O) groups excluding carboxylic acids is 1. The van der Waals surface area contributed by atoms with Gasteiger partial charge in [-0.3, -0.25) is 4.98 Å². The number of hydrogen-bond donors (Lipinski definition) is 3. The molecule has 2 aliphatic rings. The summed E-state index contributed by atoms with van der Waals surface area (Å²) in [6, 6.07) is 0.930. The van der Waals surface area contributed by atoms with Gasteiger partial charge in [-0.1, -0.05) is 0 Å². The molecule has 0 spiro atoms. The van der Waals surface area contributed by atoms with Gasteiger partial charge in [-0.25, -0.2) is 14.1 Å². The van der Waals surface area contributed by atoms with Gasteiger partial charge >= 0.3 is 6.03 Å². The smallest absolute Gasteiger partial charge is 0.354 e. The summed E-state index contributed by atoms with van der Waals surface area (Å²) in [5.74, 6) is 0. The molecule has 156 valence electrons. The largest absolute Gasteiger partial charge is 0.385 e. The first-order valence-corrected chi connectivity index (χ1v) is 12.7. The van der Waals surface area contributed by atoms with Crippen LogP contribution in [-0.4, -0.2) is 20.3 Å². The van der Waals surface area contributed by atoms with E-state index in [0.29, 0.717) is 9.35 Å². The molecule has 2 heterocycles. The Bertz CT molecular complexity index is 1100. The third kappa shape index (κ3) is 4.00. The van der Waals surface area contributed by atoms with E-state index in [1.807, 2.05) is 0 Å². The molecule has 0 bridgehead atoms. The van der Waals surface area contributed by atoms with Crippen LogP contribution in [-0.2, 0) is 41.2 Å². The number of thiophene rings is 1. The summed E-state index contributed by atoms with van der Waals surface area (Å²) in [5.41, 5.74) is 3.90. The Morgan fingerprint density at radius 3 is 2.38 bits per heavy atom. The van der Waals surface area contributed by atoms with Gasteiger partial charge in [-0.05, 0) is 85.5 Å². The summed E-state index contributed by atoms with van der Waals surface area (Å²) >= 11 is 4.40. The Balaban J connectivity index is 1.68. The molecule has 0 aromatic carbocycles. The third-order valence-corrected chi connectivity index (χ3v) is 9.77. The van der Waals surface area contributed by atoms with Gasteiger partial charge in [-0.2, -0.15) is 0 Å². The van der Waals surface area contributed by atoms with Crippen molar-refractivity contribution in [1.82, 2.24) is 4.98 Å². The van der Waals surface area contributed by atoms with Crippen molar-refractivity contribution < 1.29 is 14.1 Å². The zero-order valence-corrected chi connectivity index (χ0v) is 19.5. The molecule has 0 saturated heterocycles. The molecule has 2 aliphatic carbocycles. The topological polar surface area (TPSA) is 118 Å². The van der Waals surface area contributed by atoms with E-state index < -0.39 is 21.5 Å². The van der Waals surface area contributed by atoms with Gasteiger partial charge in [0, 0.05) is 20.7 Å². The molecular weight excluding hydrogens is 476 g/mol. The minimum absolute atomic E-state index is 0.231. The first kappa shape index (κ1) is 20.9. The molecule has 2 amide bonds. The molecule has 4 rings (SSSR count). The summed E-state index contributed by atoms with van der Waals surface area (Å²) in [5, 5.41) is 19.0. The minimum Gasteiger partial charge on any atom is -0.385 e. The van der Waals surface area contributed by atoms with Crippen LogP contribution < -0.4 is 10.5 Å². The van der Waals surface area contributed by atoms with Gasteiger partial charge in [0.25, 0.3) is 0 Å². The number of aliphatic hydroxyl groups is 1. The standard InChI is InChI=1S/C19H23BrN4O3S2/c1-19(2,26)15-9-12(20)17(28-15)29(21,27)24-18(25)23-16-10-5-3-7-13(10)22-14-8-4-6-11(14)16/h9,26H,3-8H2,1-2H3,(H3,21,22,23,24,25,27). The number of hydrogen-bond acceptors (Lipinski definition) is 5. The maximum Gasteiger partial charge on any atom is 0.354 e. The van der Waals surface area contributed by atoms with E-state index in [2.05, 4.69) is 25.6 Å². The number of aryl methyl sites for hydroxylation is 2. The molecule has 4 N–H and O–H groups in total. The molecule has 0 aliphatic heterocycles. The molecule has 1 atom stereocenters. The maximum atomic E-state index is 13.1. The van der Waals surface area contributed by atoms with E-state index in [4.69, 9.17) is 10.1 Å². The van der Waals surface area contributed by atoms with E-state index in [1.165, 1.54) is 0 Å². The van der Waals surface area contributed by atoms with Crippen LogP contribution in [0.3, 0.4) is 0 Å². The molecule has 29 heavy (non-hydrogen) atoms. The van der Waals surface area contributed by atoms with Crippen molar-refractivity contribution >= 4 is 48.9 Å². The molecule has 0 saturated carbocycles. The summed E-state index contributed by atoms with van der Waals surface area (Å²) in [4.78, 5) is 18.1. The number of urea groups is 1. The van der Waals surface area contributed by atoms with E-state index >= 15 is 0 Å². The number of nitrogens with zero attached hydrogens (tertiary/aromatic N) is 2. The number of nitrogens with one attached hydrogen (secondary N) is 1. The number of pyridine rings is 1. The van der Waals surface area contributed by atoms with Crippen molar-refractivity contribution in [2.45, 2.75) is 62.2 Å². The SMILES string of the molecule is CC(C)(O)c1cc(Br)c(S(N)(=O)=NC(=O)Nc2c3c(nc4c2CCC4)CCC3)s1. The van der Waals surface area contributed by atoms with Gasteiger partial charge in [0.05, 0.1) is 11.3 Å². The van der Waals surface area contributed by atoms with Crippen molar-refractivity contribution in [2.24, 2.45) is 9.50 Å². The number of halogens is 1. The van der Waals surface area contributed by atoms with Crippen LogP contribution in [0.2, 0.25) is 0 Å². The zero-order valence-electron chi connectivity index (χ0n) is 16.2. The zero-order chi connectivity index (χ0) is 21.0. The predicted molar refractivity (Wildman–Crippen MR) is 118 cm³/mol. The monoisotopic (exact) mass is 498 g/mol. The first-order valence-electron chi connectivity index (χ1n) is 9.48. The van der Waals surface area contributed by atoms with Crippen molar-refractivity contribution in [2.75, 3.05) is 5.32 Å². The second-order valence-electron chi connectivity index (χ2n) is 7.94. The van der Waals surface area contributed by atoms with Crippen molar-refractivity contribution in [1.29, 1.82) is 0 Å². The number of aromatic nitrogens is 1. The van der Waals surface area contributed by atoms with Crippen molar-refractivity contribution in [3.63, 3.8) is 0 Å². The average molecular weight is 499 g/mol. The highest BCUT2D eigenvalue weighted by molar-refractivity contribution is 9.10. The third-order valence-electron chi connectivity index (χ3n) is 5.23. The van der Waals surface area contributed by atoms with Gasteiger partial charge in [0.1, 0.15) is 4.21 Å². The molecule has 1 unspecified atom stereocenters. The first-order chi connectivity index (χ1) is 13.6. The normalized spacial score (nSPS) is 17.6. The van der Waals surface area contributed by atoms with E-state index in [-0.39, 0.29) is 4.21 Å². The molecule has 7 nitrogen and oxygen atoms in total. The lowest BCUT2D eigenvalue weighted by atomic mass is 10.1. The Hall–Kier alpha value is -1.33. The quantitative estimate of drug-likeness (QED) is 0.591. The Labute approximate surface area is 182 Å². The Kier molecular flexibility index (Phi) is 5.35. The summed E-state index contributed by atoms with van der Waals surface area (Å²) in [6.07, 6.45) is 5.60. The second-order valence-corrected chi connectivity index (χ2v) is 11.8. The number of carbonyl (C=O) groups is 1. The lowest BCUT2D eigenvalue weighted by Crippen LogP contribution is -2.18. The van der Waals surface area contributed by atoms with Crippen LogP contribution >= 0.6 is 27.3 Å².